The first-order valence-electron chi connectivity index (χ1n) is 5.24. The lowest BCUT2D eigenvalue weighted by Crippen LogP contribution is -2.28. The molecule has 2 nitrogen and oxygen atoms in total. The topological polar surface area (TPSA) is 38.0 Å². The maximum Gasteiger partial charge on any atom is 0.0843 e. The molecule has 0 amide bonds. The van der Waals surface area contributed by atoms with Crippen molar-refractivity contribution in [3.63, 3.8) is 0 Å². The lowest BCUT2D eigenvalue weighted by molar-refractivity contribution is 0.335. The van der Waals surface area contributed by atoms with Gasteiger partial charge in [-0.25, -0.2) is 0 Å². The molecule has 1 heterocycles. The maximum absolute atomic E-state index is 5.62. The van der Waals surface area contributed by atoms with Crippen molar-refractivity contribution in [2.24, 2.45) is 11.3 Å². The van der Waals surface area contributed by atoms with E-state index < -0.39 is 0 Å². The van der Waals surface area contributed by atoms with E-state index >= 15 is 0 Å². The van der Waals surface area contributed by atoms with Gasteiger partial charge in [-0.15, -0.1) is 11.3 Å². The van der Waals surface area contributed by atoms with E-state index in [-0.39, 0.29) is 6.04 Å². The molecule has 0 saturated heterocycles. The molecule has 1 unspecified atom stereocenters. The summed E-state index contributed by atoms with van der Waals surface area (Å²) in [4.78, 5) is 1.27. The van der Waals surface area contributed by atoms with Gasteiger partial charge in [0, 0.05) is 9.35 Å². The first kappa shape index (κ1) is 14.6. The second kappa shape index (κ2) is 5.96. The molecular weight excluding hydrogens is 352 g/mol. The summed E-state index contributed by atoms with van der Waals surface area (Å²) in [5, 5.41) is 0. The van der Waals surface area contributed by atoms with Crippen LogP contribution in [0.4, 0.5) is 0 Å². The fraction of sp³-hybridized carbons (Fsp3) is 0.636. The molecule has 1 aromatic heterocycles. The Balaban J connectivity index is 2.68. The zero-order valence-electron chi connectivity index (χ0n) is 9.81. The Labute approximate surface area is 118 Å². The maximum atomic E-state index is 5.62. The van der Waals surface area contributed by atoms with Crippen molar-refractivity contribution in [2.75, 3.05) is 0 Å². The van der Waals surface area contributed by atoms with Crippen LogP contribution in [0.5, 0.6) is 0 Å². The largest absolute Gasteiger partial charge is 0.271 e. The smallest absolute Gasteiger partial charge is 0.0843 e. The van der Waals surface area contributed by atoms with Gasteiger partial charge >= 0.3 is 0 Å². The summed E-state index contributed by atoms with van der Waals surface area (Å²) in [6, 6.07) is 2.37. The minimum absolute atomic E-state index is 0.242. The van der Waals surface area contributed by atoms with E-state index in [4.69, 9.17) is 5.84 Å². The normalized spacial score (nSPS) is 14.1. The number of hydrogen-bond acceptors (Lipinski definition) is 3. The Kier molecular flexibility index (Phi) is 5.45. The Morgan fingerprint density at radius 1 is 1.44 bits per heavy atom. The fourth-order valence-corrected chi connectivity index (χ4v) is 3.60. The predicted molar refractivity (Wildman–Crippen MR) is 78.5 cm³/mol. The summed E-state index contributed by atoms with van der Waals surface area (Å²) < 4.78 is 2.22. The lowest BCUT2D eigenvalue weighted by atomic mass is 9.88. The molecule has 5 heteroatoms. The van der Waals surface area contributed by atoms with E-state index in [1.807, 2.05) is 0 Å². The number of hydrogen-bond donors (Lipinski definition) is 2. The average molecular weight is 370 g/mol. The third-order valence-electron chi connectivity index (χ3n) is 2.39. The average Bonchev–Trinajstić information content (AvgIpc) is 2.46. The van der Waals surface area contributed by atoms with Gasteiger partial charge in [-0.2, -0.15) is 0 Å². The quantitative estimate of drug-likeness (QED) is 0.601. The highest BCUT2D eigenvalue weighted by Gasteiger charge is 2.18. The monoisotopic (exact) mass is 368 g/mol. The molecule has 0 aromatic carbocycles. The van der Waals surface area contributed by atoms with Gasteiger partial charge in [0.05, 0.1) is 9.83 Å². The van der Waals surface area contributed by atoms with Crippen LogP contribution in [0.15, 0.2) is 14.3 Å². The van der Waals surface area contributed by atoms with Crippen molar-refractivity contribution in [3.05, 3.63) is 19.2 Å². The van der Waals surface area contributed by atoms with Crippen LogP contribution >= 0.6 is 43.2 Å². The molecule has 0 saturated carbocycles. The molecule has 1 rings (SSSR count). The molecule has 16 heavy (non-hydrogen) atoms. The number of nitrogens with two attached hydrogens (primary N) is 1. The van der Waals surface area contributed by atoms with Crippen molar-refractivity contribution < 1.29 is 0 Å². The summed E-state index contributed by atoms with van der Waals surface area (Å²) in [6.45, 7) is 6.75. The van der Waals surface area contributed by atoms with Gasteiger partial charge in [-0.05, 0) is 56.2 Å². The highest BCUT2D eigenvalue weighted by atomic mass is 79.9. The van der Waals surface area contributed by atoms with Crippen LogP contribution in [0.1, 0.15) is 44.5 Å². The minimum Gasteiger partial charge on any atom is -0.271 e. The van der Waals surface area contributed by atoms with E-state index in [1.165, 1.54) is 4.88 Å². The predicted octanol–water partition coefficient (Wildman–Crippen LogP) is 4.60. The van der Waals surface area contributed by atoms with Gasteiger partial charge in [-0.1, -0.05) is 20.8 Å². The van der Waals surface area contributed by atoms with Gasteiger partial charge in [0.2, 0.25) is 0 Å². The second-order valence-electron chi connectivity index (χ2n) is 5.09. The van der Waals surface area contributed by atoms with Gasteiger partial charge in [0.15, 0.2) is 0 Å². The van der Waals surface area contributed by atoms with Crippen molar-refractivity contribution in [2.45, 2.75) is 39.7 Å². The Morgan fingerprint density at radius 3 is 2.44 bits per heavy atom. The van der Waals surface area contributed by atoms with Crippen LogP contribution in [-0.4, -0.2) is 0 Å². The summed E-state index contributed by atoms with van der Waals surface area (Å²) in [5.41, 5.74) is 3.25. The first-order valence-corrected chi connectivity index (χ1v) is 7.64. The molecule has 0 fully saturated rings. The van der Waals surface area contributed by atoms with E-state index in [2.05, 4.69) is 64.1 Å². The standard InChI is InChI=1S/C11H18Br2N2S/c1-11(2,3)5-4-8(15-14)9-6-7(12)10(13)16-9/h6,8,15H,4-5,14H2,1-3H3. The van der Waals surface area contributed by atoms with Crippen LogP contribution < -0.4 is 11.3 Å². The zero-order chi connectivity index (χ0) is 12.3. The zero-order valence-corrected chi connectivity index (χ0v) is 13.8. The number of halogens is 2. The van der Waals surface area contributed by atoms with E-state index in [9.17, 15) is 0 Å². The molecule has 0 aliphatic heterocycles. The van der Waals surface area contributed by atoms with Crippen LogP contribution in [-0.2, 0) is 0 Å². The third kappa shape index (κ3) is 4.45. The highest BCUT2D eigenvalue weighted by Crippen LogP contribution is 2.37. The molecule has 0 aliphatic rings. The minimum atomic E-state index is 0.242. The summed E-state index contributed by atoms with van der Waals surface area (Å²) in [6.07, 6.45) is 2.20. The van der Waals surface area contributed by atoms with Crippen LogP contribution in [0.25, 0.3) is 0 Å². The van der Waals surface area contributed by atoms with Gasteiger partial charge in [0.1, 0.15) is 0 Å². The number of hydrazine groups is 1. The number of thiophene rings is 1. The van der Waals surface area contributed by atoms with Crippen molar-refractivity contribution in [3.8, 4) is 0 Å². The van der Waals surface area contributed by atoms with Crippen molar-refractivity contribution in [1.29, 1.82) is 0 Å². The van der Waals surface area contributed by atoms with Crippen molar-refractivity contribution in [1.82, 2.24) is 5.43 Å². The molecule has 0 spiro atoms. The molecule has 0 bridgehead atoms. The molecule has 3 N–H and O–H groups in total. The first-order chi connectivity index (χ1) is 7.33. The molecular formula is C11H18Br2N2S. The number of rotatable bonds is 4. The van der Waals surface area contributed by atoms with E-state index in [1.54, 1.807) is 11.3 Å². The van der Waals surface area contributed by atoms with Gasteiger partial charge in [0.25, 0.3) is 0 Å². The Hall–Kier alpha value is 0.580. The Bertz CT molecular complexity index is 325. The fourth-order valence-electron chi connectivity index (χ4n) is 1.42. The highest BCUT2D eigenvalue weighted by molar-refractivity contribution is 9.13. The number of nitrogens with one attached hydrogen (secondary N) is 1. The lowest BCUT2D eigenvalue weighted by Gasteiger charge is -2.22. The SMILES string of the molecule is CC(C)(C)CCC(NN)c1cc(Br)c(Br)s1. The van der Waals surface area contributed by atoms with Crippen LogP contribution in [0.3, 0.4) is 0 Å². The van der Waals surface area contributed by atoms with Crippen LogP contribution in [0.2, 0.25) is 0 Å². The summed E-state index contributed by atoms with van der Waals surface area (Å²) in [5.74, 6) is 5.62. The van der Waals surface area contributed by atoms with E-state index in [0.29, 0.717) is 5.41 Å². The Morgan fingerprint density at radius 2 is 2.06 bits per heavy atom. The van der Waals surface area contributed by atoms with Crippen LogP contribution in [0, 0.1) is 5.41 Å². The molecule has 92 valence electrons. The van der Waals surface area contributed by atoms with Crippen molar-refractivity contribution >= 4 is 43.2 Å². The summed E-state index contributed by atoms with van der Waals surface area (Å²) >= 11 is 8.73. The third-order valence-corrected chi connectivity index (χ3v) is 5.76. The molecule has 0 radical (unpaired) electrons. The molecule has 1 atom stereocenters. The molecule has 1 aromatic rings. The summed E-state index contributed by atoms with van der Waals surface area (Å²) in [7, 11) is 0. The second-order valence-corrected chi connectivity index (χ2v) is 8.35. The molecule has 0 aliphatic carbocycles. The van der Waals surface area contributed by atoms with Gasteiger partial charge in [-0.3, -0.25) is 11.3 Å². The van der Waals surface area contributed by atoms with E-state index in [0.717, 1.165) is 21.1 Å². The van der Waals surface area contributed by atoms with Gasteiger partial charge < -0.3 is 0 Å².